The van der Waals surface area contributed by atoms with E-state index >= 15 is 0 Å². The van der Waals surface area contributed by atoms with E-state index < -0.39 is 12.1 Å². The van der Waals surface area contributed by atoms with Gasteiger partial charge in [-0.3, -0.25) is 9.69 Å². The van der Waals surface area contributed by atoms with Crippen molar-refractivity contribution < 1.29 is 18.0 Å². The lowest BCUT2D eigenvalue weighted by Crippen LogP contribution is -2.44. The minimum Gasteiger partial charge on any atom is -0.298 e. The van der Waals surface area contributed by atoms with Gasteiger partial charge in [-0.05, 0) is 32.2 Å². The van der Waals surface area contributed by atoms with E-state index in [4.69, 9.17) is 0 Å². The zero-order valence-electron chi connectivity index (χ0n) is 11.2. The molecule has 0 amide bonds. The van der Waals surface area contributed by atoms with Gasteiger partial charge in [0.1, 0.15) is 5.78 Å². The first-order valence-electron chi connectivity index (χ1n) is 7.28. The Bertz CT molecular complexity index is 310. The van der Waals surface area contributed by atoms with Crippen LogP contribution >= 0.6 is 0 Å². The summed E-state index contributed by atoms with van der Waals surface area (Å²) in [5.41, 5.74) is 0. The predicted molar refractivity (Wildman–Crippen MR) is 66.8 cm³/mol. The summed E-state index contributed by atoms with van der Waals surface area (Å²) in [7, 11) is 0. The van der Waals surface area contributed by atoms with Crippen LogP contribution in [-0.2, 0) is 4.79 Å². The van der Waals surface area contributed by atoms with E-state index in [9.17, 15) is 18.0 Å². The summed E-state index contributed by atoms with van der Waals surface area (Å²) in [5.74, 6) is -0.997. The smallest absolute Gasteiger partial charge is 0.298 e. The lowest BCUT2D eigenvalue weighted by molar-refractivity contribution is -0.187. The first-order valence-corrected chi connectivity index (χ1v) is 7.28. The van der Waals surface area contributed by atoms with Gasteiger partial charge in [0.25, 0.3) is 0 Å². The van der Waals surface area contributed by atoms with Gasteiger partial charge in [-0.25, -0.2) is 0 Å². The van der Waals surface area contributed by atoms with Crippen LogP contribution in [0.5, 0.6) is 0 Å². The van der Waals surface area contributed by atoms with Crippen molar-refractivity contribution in [3.8, 4) is 0 Å². The highest BCUT2D eigenvalue weighted by atomic mass is 19.4. The Morgan fingerprint density at radius 1 is 1.05 bits per heavy atom. The highest BCUT2D eigenvalue weighted by Gasteiger charge is 2.42. The molecule has 0 bridgehead atoms. The van der Waals surface area contributed by atoms with Crippen LogP contribution in [0, 0.1) is 11.8 Å². The zero-order valence-corrected chi connectivity index (χ0v) is 11.2. The van der Waals surface area contributed by atoms with Gasteiger partial charge in [0, 0.05) is 12.5 Å². The first kappa shape index (κ1) is 14.8. The number of carbonyl (C=O) groups excluding carboxylic acids is 1. The van der Waals surface area contributed by atoms with Gasteiger partial charge in [0.2, 0.25) is 0 Å². The highest BCUT2D eigenvalue weighted by molar-refractivity contribution is 5.83. The lowest BCUT2D eigenvalue weighted by Gasteiger charge is -2.34. The summed E-state index contributed by atoms with van der Waals surface area (Å²) in [6.45, 7) is 0.851. The molecular formula is C14H22F3NO. The molecule has 2 nitrogen and oxygen atoms in total. The van der Waals surface area contributed by atoms with Crippen LogP contribution in [0.1, 0.15) is 44.9 Å². The Hall–Kier alpha value is -0.580. The number of ketones is 1. The van der Waals surface area contributed by atoms with E-state index in [1.807, 2.05) is 0 Å². The van der Waals surface area contributed by atoms with Crippen molar-refractivity contribution >= 4 is 5.78 Å². The van der Waals surface area contributed by atoms with E-state index in [-0.39, 0.29) is 31.2 Å². The number of hydrogen-bond acceptors (Lipinski definition) is 2. The normalized spacial score (nSPS) is 27.4. The molecule has 110 valence electrons. The van der Waals surface area contributed by atoms with Crippen LogP contribution < -0.4 is 0 Å². The maximum absolute atomic E-state index is 12.7. The fourth-order valence-electron chi connectivity index (χ4n) is 3.24. The quantitative estimate of drug-likeness (QED) is 0.788. The van der Waals surface area contributed by atoms with Gasteiger partial charge < -0.3 is 0 Å². The van der Waals surface area contributed by atoms with E-state index in [2.05, 4.69) is 0 Å². The van der Waals surface area contributed by atoms with Crippen molar-refractivity contribution in [1.82, 2.24) is 4.90 Å². The molecular weight excluding hydrogens is 255 g/mol. The molecule has 1 atom stereocenters. The molecule has 19 heavy (non-hydrogen) atoms. The minimum atomic E-state index is -4.12. The van der Waals surface area contributed by atoms with Crippen LogP contribution in [0.3, 0.4) is 0 Å². The Balaban J connectivity index is 1.83. The molecule has 0 aromatic heterocycles. The van der Waals surface area contributed by atoms with E-state index in [1.54, 1.807) is 4.90 Å². The second kappa shape index (κ2) is 6.25. The van der Waals surface area contributed by atoms with Gasteiger partial charge in [0.15, 0.2) is 0 Å². The van der Waals surface area contributed by atoms with Gasteiger partial charge in [0.05, 0.1) is 12.5 Å². The molecule has 1 saturated heterocycles. The van der Waals surface area contributed by atoms with Crippen molar-refractivity contribution in [2.45, 2.75) is 51.1 Å². The summed E-state index contributed by atoms with van der Waals surface area (Å²) in [6.07, 6.45) is 1.84. The maximum atomic E-state index is 12.7. The molecule has 0 N–H and O–H groups in total. The molecule has 5 heteroatoms. The van der Waals surface area contributed by atoms with Crippen LogP contribution in [0.2, 0.25) is 0 Å². The Labute approximate surface area is 112 Å². The number of halogens is 3. The lowest BCUT2D eigenvalue weighted by atomic mass is 9.85. The van der Waals surface area contributed by atoms with Crippen molar-refractivity contribution in [2.75, 3.05) is 19.6 Å². The Kier molecular flexibility index (Phi) is 4.87. The third-order valence-electron chi connectivity index (χ3n) is 4.41. The summed E-state index contributed by atoms with van der Waals surface area (Å²) < 4.78 is 38.1. The van der Waals surface area contributed by atoms with Crippen LogP contribution in [0.25, 0.3) is 0 Å². The summed E-state index contributed by atoms with van der Waals surface area (Å²) in [4.78, 5) is 13.8. The van der Waals surface area contributed by atoms with Crippen molar-refractivity contribution in [3.63, 3.8) is 0 Å². The second-order valence-corrected chi connectivity index (χ2v) is 5.92. The largest absolute Gasteiger partial charge is 0.393 e. The molecule has 1 unspecified atom stereocenters. The third-order valence-corrected chi connectivity index (χ3v) is 4.41. The number of likely N-dealkylation sites (tertiary alicyclic amines) is 1. The molecule has 2 rings (SSSR count). The fourth-order valence-corrected chi connectivity index (χ4v) is 3.24. The van der Waals surface area contributed by atoms with Gasteiger partial charge in [-0.2, -0.15) is 13.2 Å². The average molecular weight is 277 g/mol. The first-order chi connectivity index (χ1) is 8.97. The van der Waals surface area contributed by atoms with E-state index in [1.165, 1.54) is 6.42 Å². The number of alkyl halides is 3. The molecule has 0 aromatic carbocycles. The number of carbonyl (C=O) groups is 1. The minimum absolute atomic E-state index is 0.00194. The average Bonchev–Trinajstić information content (AvgIpc) is 2.39. The molecule has 0 radical (unpaired) electrons. The highest BCUT2D eigenvalue weighted by Crippen LogP contribution is 2.33. The van der Waals surface area contributed by atoms with Crippen molar-refractivity contribution in [3.05, 3.63) is 0 Å². The second-order valence-electron chi connectivity index (χ2n) is 5.92. The number of rotatable bonds is 3. The van der Waals surface area contributed by atoms with Crippen LogP contribution in [0.15, 0.2) is 0 Å². The molecule has 2 aliphatic rings. The SMILES string of the molecule is O=C(CN1CCCC(C(F)(F)F)C1)C1CCCCC1. The predicted octanol–water partition coefficient (Wildman–Crippen LogP) is 3.41. The number of nitrogens with zero attached hydrogens (tertiary/aromatic N) is 1. The molecule has 1 saturated carbocycles. The van der Waals surface area contributed by atoms with Gasteiger partial charge in [-0.1, -0.05) is 19.3 Å². The molecule has 2 fully saturated rings. The number of piperidine rings is 1. The Morgan fingerprint density at radius 3 is 2.37 bits per heavy atom. The molecule has 1 heterocycles. The van der Waals surface area contributed by atoms with E-state index in [0.717, 1.165) is 25.7 Å². The third kappa shape index (κ3) is 4.20. The molecule has 1 aliphatic heterocycles. The fraction of sp³-hybridized carbons (Fsp3) is 0.929. The van der Waals surface area contributed by atoms with Crippen molar-refractivity contribution in [1.29, 1.82) is 0 Å². The van der Waals surface area contributed by atoms with Crippen molar-refractivity contribution in [2.24, 2.45) is 11.8 Å². The van der Waals surface area contributed by atoms with Crippen LogP contribution in [0.4, 0.5) is 13.2 Å². The molecule has 1 aliphatic carbocycles. The summed E-state index contributed by atoms with van der Waals surface area (Å²) in [6, 6.07) is 0. The van der Waals surface area contributed by atoms with Crippen LogP contribution in [-0.4, -0.2) is 36.5 Å². The number of Topliss-reactive ketones (excluding diaryl/α,β-unsaturated/α-hetero) is 1. The van der Waals surface area contributed by atoms with E-state index in [0.29, 0.717) is 13.0 Å². The molecule has 0 spiro atoms. The zero-order chi connectivity index (χ0) is 13.9. The standard InChI is InChI=1S/C14H22F3NO/c15-14(16,17)12-7-4-8-18(9-12)10-13(19)11-5-2-1-3-6-11/h11-12H,1-10H2. The summed E-state index contributed by atoms with van der Waals surface area (Å²) >= 11 is 0. The maximum Gasteiger partial charge on any atom is 0.393 e. The topological polar surface area (TPSA) is 20.3 Å². The van der Waals surface area contributed by atoms with Gasteiger partial charge in [-0.15, -0.1) is 0 Å². The van der Waals surface area contributed by atoms with Gasteiger partial charge >= 0.3 is 6.18 Å². The molecule has 0 aromatic rings. The summed E-state index contributed by atoms with van der Waals surface area (Å²) in [5, 5.41) is 0. The number of hydrogen-bond donors (Lipinski definition) is 0. The Morgan fingerprint density at radius 2 is 1.74 bits per heavy atom. The monoisotopic (exact) mass is 277 g/mol.